The summed E-state index contributed by atoms with van der Waals surface area (Å²) < 4.78 is 0. The van der Waals surface area contributed by atoms with Crippen molar-refractivity contribution in [3.05, 3.63) is 107 Å². The summed E-state index contributed by atoms with van der Waals surface area (Å²) in [7, 11) is 0. The van der Waals surface area contributed by atoms with Gasteiger partial charge in [0.15, 0.2) is 0 Å². The fourth-order valence-electron chi connectivity index (χ4n) is 4.48. The van der Waals surface area contributed by atoms with Gasteiger partial charge in [0.05, 0.1) is 22.8 Å². The smallest absolute Gasteiger partial charge is 0.0737 e. The van der Waals surface area contributed by atoms with Gasteiger partial charge in [-0.05, 0) is 90.7 Å². The van der Waals surface area contributed by atoms with E-state index in [1.165, 1.54) is 24.0 Å². The summed E-state index contributed by atoms with van der Waals surface area (Å²) in [6.45, 7) is 2.23. The van der Waals surface area contributed by atoms with Crippen molar-refractivity contribution in [3.8, 4) is 0 Å². The Morgan fingerprint density at radius 2 is 1.26 bits per heavy atom. The maximum atomic E-state index is 4.97. The average Bonchev–Trinajstić information content (AvgIpc) is 3.63. The lowest BCUT2D eigenvalue weighted by Crippen LogP contribution is -1.89. The molecule has 4 nitrogen and oxygen atoms in total. The Hall–Kier alpha value is -4.18. The Morgan fingerprint density at radius 1 is 0.647 bits per heavy atom. The molecule has 2 aliphatic rings. The van der Waals surface area contributed by atoms with Gasteiger partial charge < -0.3 is 9.97 Å². The number of nitrogens with zero attached hydrogens (tertiary/aromatic N) is 2. The molecule has 1 aromatic carbocycles. The molecule has 2 aliphatic heterocycles. The van der Waals surface area contributed by atoms with Crippen molar-refractivity contribution < 1.29 is 0 Å². The molecule has 3 aromatic heterocycles. The van der Waals surface area contributed by atoms with Gasteiger partial charge in [0, 0.05) is 27.6 Å². The molecule has 0 aliphatic carbocycles. The van der Waals surface area contributed by atoms with E-state index in [2.05, 4.69) is 95.8 Å². The van der Waals surface area contributed by atoms with Crippen molar-refractivity contribution in [1.82, 2.24) is 19.9 Å². The zero-order valence-electron chi connectivity index (χ0n) is 19.2. The quantitative estimate of drug-likeness (QED) is 0.298. The summed E-state index contributed by atoms with van der Waals surface area (Å²) in [5.41, 5.74) is 11.5. The maximum Gasteiger partial charge on any atom is 0.0737 e. The number of unbranched alkanes of at least 4 members (excludes halogenated alkanes) is 1. The number of rotatable bonds is 4. The zero-order chi connectivity index (χ0) is 22.9. The lowest BCUT2D eigenvalue weighted by molar-refractivity contribution is 0.795. The molecule has 0 atom stereocenters. The first-order valence-electron chi connectivity index (χ1n) is 11.9. The molecule has 5 heterocycles. The molecule has 0 unspecified atom stereocenters. The van der Waals surface area contributed by atoms with Crippen molar-refractivity contribution in [1.29, 1.82) is 0 Å². The number of H-pyrrole nitrogens is 2. The first-order valence-corrected chi connectivity index (χ1v) is 11.9. The van der Waals surface area contributed by atoms with Crippen LogP contribution in [0.15, 0.2) is 72.8 Å². The van der Waals surface area contributed by atoms with E-state index in [1.54, 1.807) is 0 Å². The first-order chi connectivity index (χ1) is 16.7. The Balaban J connectivity index is 1.52. The lowest BCUT2D eigenvalue weighted by Gasteiger charge is -2.05. The molecule has 4 aromatic rings. The minimum Gasteiger partial charge on any atom is -0.355 e. The molecule has 0 spiro atoms. The molecule has 0 saturated carbocycles. The molecule has 0 radical (unpaired) electrons. The fourth-order valence-corrected chi connectivity index (χ4v) is 4.48. The van der Waals surface area contributed by atoms with E-state index in [1.807, 2.05) is 12.2 Å². The van der Waals surface area contributed by atoms with E-state index < -0.39 is 0 Å². The van der Waals surface area contributed by atoms with Gasteiger partial charge in [-0.3, -0.25) is 0 Å². The molecule has 166 valence electrons. The Bertz CT molecular complexity index is 1580. The van der Waals surface area contributed by atoms with Crippen molar-refractivity contribution in [2.24, 2.45) is 0 Å². The van der Waals surface area contributed by atoms with Crippen LogP contribution in [0.3, 0.4) is 0 Å². The lowest BCUT2D eigenvalue weighted by atomic mass is 9.99. The van der Waals surface area contributed by atoms with E-state index in [0.29, 0.717) is 0 Å². The molecule has 0 fully saturated rings. The van der Waals surface area contributed by atoms with Gasteiger partial charge in [0.1, 0.15) is 0 Å². The van der Waals surface area contributed by atoms with Gasteiger partial charge in [0.25, 0.3) is 0 Å². The number of benzene rings is 1. The van der Waals surface area contributed by atoms with Crippen LogP contribution >= 0.6 is 0 Å². The molecule has 2 N–H and O–H groups in total. The Morgan fingerprint density at radius 3 is 1.94 bits per heavy atom. The van der Waals surface area contributed by atoms with Crippen molar-refractivity contribution in [2.75, 3.05) is 0 Å². The molecular formula is C30H26N4. The summed E-state index contributed by atoms with van der Waals surface area (Å²) in [5.74, 6) is 0. The normalized spacial score (nSPS) is 12.7. The van der Waals surface area contributed by atoms with Crippen molar-refractivity contribution in [2.45, 2.75) is 26.2 Å². The highest BCUT2D eigenvalue weighted by molar-refractivity contribution is 5.93. The zero-order valence-corrected chi connectivity index (χ0v) is 19.2. The Kier molecular flexibility index (Phi) is 5.19. The number of fused-ring (bicyclic) bond motifs is 8. The van der Waals surface area contributed by atoms with Crippen LogP contribution in [-0.4, -0.2) is 19.9 Å². The van der Waals surface area contributed by atoms with Crippen LogP contribution in [0.2, 0.25) is 0 Å². The van der Waals surface area contributed by atoms with Crippen LogP contribution in [0.1, 0.15) is 53.7 Å². The third kappa shape index (κ3) is 4.23. The molecule has 0 amide bonds. The molecule has 0 saturated heterocycles. The van der Waals surface area contributed by atoms with Gasteiger partial charge in [-0.15, -0.1) is 0 Å². The van der Waals surface area contributed by atoms with Crippen molar-refractivity contribution >= 4 is 45.9 Å². The van der Waals surface area contributed by atoms with E-state index in [0.717, 1.165) is 56.8 Å². The van der Waals surface area contributed by atoms with Crippen LogP contribution in [0.25, 0.3) is 45.9 Å². The number of hydrogen-bond donors (Lipinski definition) is 2. The Labute approximate surface area is 198 Å². The van der Waals surface area contributed by atoms with Gasteiger partial charge in [-0.25, -0.2) is 9.97 Å². The molecule has 6 rings (SSSR count). The summed E-state index contributed by atoms with van der Waals surface area (Å²) in [6, 6.07) is 25.6. The second-order valence-corrected chi connectivity index (χ2v) is 8.89. The fraction of sp³-hybridized carbons (Fsp3) is 0.133. The number of aryl methyl sites for hydroxylation is 1. The predicted molar refractivity (Wildman–Crippen MR) is 142 cm³/mol. The van der Waals surface area contributed by atoms with Gasteiger partial charge in [0.2, 0.25) is 0 Å². The van der Waals surface area contributed by atoms with Gasteiger partial charge in [-0.1, -0.05) is 37.6 Å². The molecule has 34 heavy (non-hydrogen) atoms. The second kappa shape index (κ2) is 8.64. The van der Waals surface area contributed by atoms with Crippen LogP contribution in [0, 0.1) is 0 Å². The number of nitrogens with one attached hydrogen (secondary N) is 2. The highest BCUT2D eigenvalue weighted by atomic mass is 14.8. The third-order valence-electron chi connectivity index (χ3n) is 6.25. The first kappa shape index (κ1) is 20.4. The highest BCUT2D eigenvalue weighted by Gasteiger charge is 2.13. The van der Waals surface area contributed by atoms with E-state index in [9.17, 15) is 0 Å². The molecule has 8 bridgehead atoms. The van der Waals surface area contributed by atoms with Crippen molar-refractivity contribution in [3.63, 3.8) is 0 Å². The summed E-state index contributed by atoms with van der Waals surface area (Å²) in [5, 5.41) is 0. The topological polar surface area (TPSA) is 57.4 Å². The van der Waals surface area contributed by atoms with Gasteiger partial charge >= 0.3 is 0 Å². The van der Waals surface area contributed by atoms with E-state index >= 15 is 0 Å². The monoisotopic (exact) mass is 442 g/mol. The summed E-state index contributed by atoms with van der Waals surface area (Å²) >= 11 is 0. The number of hydrogen-bond acceptors (Lipinski definition) is 2. The second-order valence-electron chi connectivity index (χ2n) is 8.89. The maximum absolute atomic E-state index is 4.97. The van der Waals surface area contributed by atoms with Crippen LogP contribution < -0.4 is 0 Å². The molecular weight excluding hydrogens is 416 g/mol. The number of aromatic amines is 2. The van der Waals surface area contributed by atoms with E-state index in [4.69, 9.17) is 9.97 Å². The average molecular weight is 443 g/mol. The standard InChI is InChI=1S/C30H26N4/c1-2-3-4-20-5-7-21(8-6-20)29-18-28-17-26-12-11-24(32-26)15-22-9-10-23(31-22)16-25-13-14-27(33-25)19-30(29)34-28/h5-19,31-32H,2-4H2,1H3. The SMILES string of the molecule is CCCCc1ccc(C2=Cc3cc4ccc(cc5ccc(cc6nc(cc2n3)C=C6)[nH]5)[nH]4)cc1. The summed E-state index contributed by atoms with van der Waals surface area (Å²) in [4.78, 5) is 16.7. The minimum atomic E-state index is 0.907. The van der Waals surface area contributed by atoms with E-state index in [-0.39, 0.29) is 0 Å². The largest absolute Gasteiger partial charge is 0.355 e. The van der Waals surface area contributed by atoms with Crippen LogP contribution in [0.4, 0.5) is 0 Å². The van der Waals surface area contributed by atoms with Crippen LogP contribution in [0.5, 0.6) is 0 Å². The number of aromatic nitrogens is 4. The predicted octanol–water partition coefficient (Wildman–Crippen LogP) is 7.42. The van der Waals surface area contributed by atoms with Crippen LogP contribution in [-0.2, 0) is 6.42 Å². The molecule has 4 heteroatoms. The summed E-state index contributed by atoms with van der Waals surface area (Å²) in [6.07, 6.45) is 9.82. The van der Waals surface area contributed by atoms with Gasteiger partial charge in [-0.2, -0.15) is 0 Å². The highest BCUT2D eigenvalue weighted by Crippen LogP contribution is 2.29. The minimum absolute atomic E-state index is 0.907. The third-order valence-corrected chi connectivity index (χ3v) is 6.25.